The lowest BCUT2D eigenvalue weighted by Gasteiger charge is -2.08. The van der Waals surface area contributed by atoms with Gasteiger partial charge in [-0.05, 0) is 41.0 Å². The molecule has 0 fully saturated rings. The fourth-order valence-corrected chi connectivity index (χ4v) is 3.40. The molecule has 1 aliphatic rings. The minimum absolute atomic E-state index is 0.123. The fourth-order valence-electron chi connectivity index (χ4n) is 2.77. The third kappa shape index (κ3) is 3.36. The lowest BCUT2D eigenvalue weighted by Crippen LogP contribution is -2.10. The van der Waals surface area contributed by atoms with Gasteiger partial charge < -0.3 is 0 Å². The van der Waals surface area contributed by atoms with E-state index in [2.05, 4.69) is 4.98 Å². The second-order valence-electron chi connectivity index (χ2n) is 5.82. The van der Waals surface area contributed by atoms with Gasteiger partial charge in [-0.1, -0.05) is 12.1 Å². The molecule has 1 heterocycles. The van der Waals surface area contributed by atoms with Crippen molar-refractivity contribution in [2.24, 2.45) is 0 Å². The predicted octanol–water partition coefficient (Wildman–Crippen LogP) is 3.96. The Morgan fingerprint density at radius 1 is 1.00 bits per heavy atom. The van der Waals surface area contributed by atoms with Gasteiger partial charge in [-0.2, -0.15) is 0 Å². The van der Waals surface area contributed by atoms with Crippen LogP contribution < -0.4 is 0 Å². The molecule has 0 aliphatic heterocycles. The highest BCUT2D eigenvalue weighted by Gasteiger charge is 2.40. The molecule has 0 bridgehead atoms. The van der Waals surface area contributed by atoms with Gasteiger partial charge in [0.05, 0.1) is 16.8 Å². The van der Waals surface area contributed by atoms with Crippen LogP contribution in [0.25, 0.3) is 11.1 Å². The number of benzene rings is 1. The van der Waals surface area contributed by atoms with E-state index in [1.54, 1.807) is 0 Å². The summed E-state index contributed by atoms with van der Waals surface area (Å²) in [6.45, 7) is 0. The Balaban J connectivity index is 2.07. The summed E-state index contributed by atoms with van der Waals surface area (Å²) < 4.78 is 63.9. The summed E-state index contributed by atoms with van der Waals surface area (Å²) in [5.41, 5.74) is 1.57. The number of pyridine rings is 1. The number of nitrogens with zero attached hydrogens (tertiary/aromatic N) is 1. The van der Waals surface area contributed by atoms with Crippen molar-refractivity contribution in [3.63, 3.8) is 0 Å². The van der Waals surface area contributed by atoms with Gasteiger partial charge in [0.1, 0.15) is 5.82 Å². The Kier molecular flexibility index (Phi) is 3.99. The summed E-state index contributed by atoms with van der Waals surface area (Å²) in [6, 6.07) is 8.36. The Hall–Kier alpha value is -2.15. The van der Waals surface area contributed by atoms with Gasteiger partial charge in [-0.25, -0.2) is 21.6 Å². The third-order valence-electron chi connectivity index (χ3n) is 3.90. The molecule has 3 rings (SSSR count). The van der Waals surface area contributed by atoms with Crippen LogP contribution in [0.2, 0.25) is 0 Å². The van der Waals surface area contributed by atoms with Gasteiger partial charge in [0.15, 0.2) is 9.84 Å². The molecular formula is C17H14F3NO2S. The highest BCUT2D eigenvalue weighted by molar-refractivity contribution is 7.90. The zero-order valence-electron chi connectivity index (χ0n) is 12.8. The van der Waals surface area contributed by atoms with Crippen LogP contribution in [0.5, 0.6) is 0 Å². The summed E-state index contributed by atoms with van der Waals surface area (Å²) in [7, 11) is -3.35. The zero-order chi connectivity index (χ0) is 17.5. The first-order valence-electron chi connectivity index (χ1n) is 7.18. The molecule has 0 unspecified atom stereocenters. The molecule has 7 heteroatoms. The van der Waals surface area contributed by atoms with Crippen LogP contribution in [0, 0.1) is 5.82 Å². The maximum absolute atomic E-state index is 13.9. The Bertz CT molecular complexity index is 902. The van der Waals surface area contributed by atoms with Crippen LogP contribution in [0.3, 0.4) is 0 Å². The van der Waals surface area contributed by atoms with Crippen molar-refractivity contribution in [3.05, 3.63) is 59.7 Å². The van der Waals surface area contributed by atoms with Crippen molar-refractivity contribution in [3.8, 4) is 0 Å². The number of halogens is 3. The Morgan fingerprint density at radius 2 is 1.62 bits per heavy atom. The van der Waals surface area contributed by atoms with Gasteiger partial charge in [0, 0.05) is 19.1 Å². The van der Waals surface area contributed by atoms with Crippen LogP contribution in [-0.2, 0) is 9.84 Å². The van der Waals surface area contributed by atoms with Gasteiger partial charge in [-0.3, -0.25) is 4.98 Å². The SMILES string of the molecule is CS(=O)(=O)c1ccc(C2=C(c3ccc(F)cn3)CC(F)(F)C2)cc1. The third-order valence-corrected chi connectivity index (χ3v) is 5.03. The van der Waals surface area contributed by atoms with Crippen molar-refractivity contribution in [2.75, 3.05) is 6.26 Å². The molecule has 0 saturated carbocycles. The minimum Gasteiger partial charge on any atom is -0.254 e. The van der Waals surface area contributed by atoms with Gasteiger partial charge in [-0.15, -0.1) is 0 Å². The summed E-state index contributed by atoms with van der Waals surface area (Å²) in [4.78, 5) is 4.02. The number of alkyl halides is 2. The van der Waals surface area contributed by atoms with E-state index < -0.39 is 34.4 Å². The van der Waals surface area contributed by atoms with E-state index in [4.69, 9.17) is 0 Å². The predicted molar refractivity (Wildman–Crippen MR) is 84.7 cm³/mol. The van der Waals surface area contributed by atoms with Crippen molar-refractivity contribution in [2.45, 2.75) is 23.7 Å². The maximum Gasteiger partial charge on any atom is 0.256 e. The highest BCUT2D eigenvalue weighted by Crippen LogP contribution is 2.47. The monoisotopic (exact) mass is 353 g/mol. The van der Waals surface area contributed by atoms with Crippen LogP contribution in [0.4, 0.5) is 13.2 Å². The Morgan fingerprint density at radius 3 is 2.17 bits per heavy atom. The Labute approximate surface area is 137 Å². The first kappa shape index (κ1) is 16.7. The van der Waals surface area contributed by atoms with E-state index in [-0.39, 0.29) is 4.90 Å². The van der Waals surface area contributed by atoms with E-state index in [9.17, 15) is 21.6 Å². The van der Waals surface area contributed by atoms with Crippen molar-refractivity contribution < 1.29 is 21.6 Å². The average molecular weight is 353 g/mol. The minimum atomic E-state index is -3.35. The van der Waals surface area contributed by atoms with Crippen LogP contribution >= 0.6 is 0 Å². The lowest BCUT2D eigenvalue weighted by atomic mass is 10.00. The van der Waals surface area contributed by atoms with Crippen molar-refractivity contribution in [1.82, 2.24) is 4.98 Å². The van der Waals surface area contributed by atoms with Crippen LogP contribution in [0.1, 0.15) is 24.1 Å². The lowest BCUT2D eigenvalue weighted by molar-refractivity contribution is 0.0187. The number of rotatable bonds is 3. The molecule has 0 radical (unpaired) electrons. The second kappa shape index (κ2) is 5.73. The number of hydrogen-bond donors (Lipinski definition) is 0. The zero-order valence-corrected chi connectivity index (χ0v) is 13.6. The summed E-state index contributed by atoms with van der Waals surface area (Å²) in [6.07, 6.45) is 1.14. The molecule has 126 valence electrons. The number of hydrogen-bond acceptors (Lipinski definition) is 3. The maximum atomic E-state index is 13.9. The van der Waals surface area contributed by atoms with E-state index in [1.807, 2.05) is 0 Å². The van der Waals surface area contributed by atoms with Gasteiger partial charge in [0.2, 0.25) is 0 Å². The molecule has 24 heavy (non-hydrogen) atoms. The molecule has 2 aromatic rings. The van der Waals surface area contributed by atoms with Crippen LogP contribution in [0.15, 0.2) is 47.5 Å². The summed E-state index contributed by atoms with van der Waals surface area (Å²) in [5, 5.41) is 0. The van der Waals surface area contributed by atoms with E-state index in [1.165, 1.54) is 36.4 Å². The molecule has 0 atom stereocenters. The number of aromatic nitrogens is 1. The molecule has 0 N–H and O–H groups in total. The molecular weight excluding hydrogens is 339 g/mol. The normalized spacial score (nSPS) is 17.3. The molecule has 0 saturated heterocycles. The summed E-state index contributed by atoms with van der Waals surface area (Å²) >= 11 is 0. The van der Waals surface area contributed by atoms with Crippen molar-refractivity contribution >= 4 is 21.0 Å². The van der Waals surface area contributed by atoms with E-state index in [0.29, 0.717) is 22.4 Å². The number of sulfone groups is 1. The molecule has 0 amide bonds. The topological polar surface area (TPSA) is 47.0 Å². The highest BCUT2D eigenvalue weighted by atomic mass is 32.2. The quantitative estimate of drug-likeness (QED) is 0.839. The van der Waals surface area contributed by atoms with Gasteiger partial charge >= 0.3 is 0 Å². The van der Waals surface area contributed by atoms with Crippen LogP contribution in [-0.4, -0.2) is 25.6 Å². The number of allylic oxidation sites excluding steroid dienone is 2. The molecule has 1 aromatic heterocycles. The molecule has 1 aromatic carbocycles. The second-order valence-corrected chi connectivity index (χ2v) is 7.84. The standard InChI is InChI=1S/C17H14F3NO2S/c1-24(22,23)13-5-2-11(3-6-13)14-8-17(19,20)9-15(14)16-7-4-12(18)10-21-16/h2-7,10H,8-9H2,1H3. The first-order chi connectivity index (χ1) is 11.2. The molecule has 0 spiro atoms. The molecule has 1 aliphatic carbocycles. The largest absolute Gasteiger partial charge is 0.256 e. The van der Waals surface area contributed by atoms with E-state index >= 15 is 0 Å². The smallest absolute Gasteiger partial charge is 0.254 e. The fraction of sp³-hybridized carbons (Fsp3) is 0.235. The summed E-state index contributed by atoms with van der Waals surface area (Å²) in [5.74, 6) is -3.45. The molecule has 3 nitrogen and oxygen atoms in total. The van der Waals surface area contributed by atoms with E-state index in [0.717, 1.165) is 12.5 Å². The first-order valence-corrected chi connectivity index (χ1v) is 9.07. The average Bonchev–Trinajstić information content (AvgIpc) is 2.83. The van der Waals surface area contributed by atoms with Gasteiger partial charge in [0.25, 0.3) is 5.92 Å². The van der Waals surface area contributed by atoms with Crippen molar-refractivity contribution in [1.29, 1.82) is 0 Å².